The van der Waals surface area contributed by atoms with Crippen molar-refractivity contribution in [3.05, 3.63) is 65.7 Å². The predicted molar refractivity (Wildman–Crippen MR) is 108 cm³/mol. The second-order valence-electron chi connectivity index (χ2n) is 8.42. The first-order valence-corrected chi connectivity index (χ1v) is 10.3. The van der Waals surface area contributed by atoms with Crippen molar-refractivity contribution < 1.29 is 24.8 Å². The van der Waals surface area contributed by atoms with E-state index in [-0.39, 0.29) is 24.3 Å². The van der Waals surface area contributed by atoms with Gasteiger partial charge in [-0.2, -0.15) is 0 Å². The smallest absolute Gasteiger partial charge is 0.291 e. The number of aliphatic hydroxyl groups is 1. The zero-order chi connectivity index (χ0) is 21.0. The zero-order valence-corrected chi connectivity index (χ0v) is 16.6. The number of amides is 3. The van der Waals surface area contributed by atoms with E-state index in [1.54, 1.807) is 18.3 Å². The van der Waals surface area contributed by atoms with Gasteiger partial charge in [-0.1, -0.05) is 48.5 Å². The van der Waals surface area contributed by atoms with Gasteiger partial charge in [0.15, 0.2) is 0 Å². The topological polar surface area (TPSA) is 103 Å². The molecule has 0 saturated carbocycles. The van der Waals surface area contributed by atoms with E-state index in [2.05, 4.69) is 5.32 Å². The Morgan fingerprint density at radius 1 is 1.07 bits per heavy atom. The predicted octanol–water partition coefficient (Wildman–Crippen LogP) is 0.00430. The Balaban J connectivity index is 1.54. The van der Waals surface area contributed by atoms with Crippen molar-refractivity contribution in [2.45, 2.75) is 31.0 Å². The summed E-state index contributed by atoms with van der Waals surface area (Å²) in [5.74, 6) is -2.48. The molecule has 0 unspecified atom stereocenters. The zero-order valence-electron chi connectivity index (χ0n) is 16.6. The number of para-hydroxylation sites is 1. The van der Waals surface area contributed by atoms with Crippen LogP contribution in [0.5, 0.6) is 0 Å². The molecule has 0 radical (unpaired) electrons. The third kappa shape index (κ3) is 2.49. The summed E-state index contributed by atoms with van der Waals surface area (Å²) in [6.07, 6.45) is -0.292. The van der Waals surface area contributed by atoms with Gasteiger partial charge in [0.1, 0.15) is 24.0 Å². The van der Waals surface area contributed by atoms with Gasteiger partial charge in [0.25, 0.3) is 5.91 Å². The summed E-state index contributed by atoms with van der Waals surface area (Å²) < 4.78 is 0. The van der Waals surface area contributed by atoms with Crippen LogP contribution in [0, 0.1) is 11.8 Å². The molecule has 5 atom stereocenters. The van der Waals surface area contributed by atoms with Crippen LogP contribution < -0.4 is 10.6 Å². The maximum atomic E-state index is 13.5. The molecule has 0 bridgehead atoms. The highest BCUT2D eigenvalue weighted by Crippen LogP contribution is 2.49. The van der Waals surface area contributed by atoms with Gasteiger partial charge in [-0.15, -0.1) is 0 Å². The minimum atomic E-state index is -1.23. The lowest BCUT2D eigenvalue weighted by Crippen LogP contribution is -3.00. The second-order valence-corrected chi connectivity index (χ2v) is 8.42. The van der Waals surface area contributed by atoms with E-state index in [1.165, 1.54) is 4.90 Å². The Labute approximate surface area is 174 Å². The number of likely N-dealkylation sites (tertiary alicyclic amines) is 1. The molecule has 3 aliphatic rings. The number of nitrogens with one attached hydrogen (secondary N) is 1. The van der Waals surface area contributed by atoms with Crippen LogP contribution in [0.2, 0.25) is 0 Å². The van der Waals surface area contributed by atoms with E-state index < -0.39 is 29.5 Å². The highest BCUT2D eigenvalue weighted by molar-refractivity contribution is 6.13. The van der Waals surface area contributed by atoms with Gasteiger partial charge in [-0.3, -0.25) is 19.3 Å². The normalized spacial score (nSPS) is 30.5. The molecule has 2 aromatic rings. The number of hydrogen-bond donors (Lipinski definition) is 3. The van der Waals surface area contributed by atoms with E-state index in [4.69, 9.17) is 0 Å². The molecular formula is C23H24N3O4+. The molecule has 3 aliphatic heterocycles. The van der Waals surface area contributed by atoms with E-state index >= 15 is 0 Å². The number of benzene rings is 2. The number of fused-ring (bicyclic) bond motifs is 4. The highest BCUT2D eigenvalue weighted by Gasteiger charge is 2.74. The summed E-state index contributed by atoms with van der Waals surface area (Å²) >= 11 is 0. The summed E-state index contributed by atoms with van der Waals surface area (Å²) in [6, 6.07) is 16.4. The number of nitrogens with two attached hydrogens (primary N) is 1. The maximum absolute atomic E-state index is 13.5. The monoisotopic (exact) mass is 406 g/mol. The van der Waals surface area contributed by atoms with Gasteiger partial charge in [-0.05, 0) is 25.0 Å². The number of anilines is 1. The first-order valence-electron chi connectivity index (χ1n) is 10.3. The fourth-order valence-corrected chi connectivity index (χ4v) is 5.45. The molecule has 7 nitrogen and oxygen atoms in total. The number of hydrogen-bond acceptors (Lipinski definition) is 4. The Hall–Kier alpha value is -3.03. The largest absolute Gasteiger partial charge is 0.387 e. The van der Waals surface area contributed by atoms with Gasteiger partial charge in [0.05, 0.1) is 5.69 Å². The van der Waals surface area contributed by atoms with E-state index in [0.717, 1.165) is 5.56 Å². The molecule has 2 fully saturated rings. The van der Waals surface area contributed by atoms with Gasteiger partial charge in [-0.25, -0.2) is 0 Å². The van der Waals surface area contributed by atoms with Crippen molar-refractivity contribution in [3.63, 3.8) is 0 Å². The third-order valence-corrected chi connectivity index (χ3v) is 6.82. The first-order chi connectivity index (χ1) is 14.4. The fourth-order valence-electron chi connectivity index (χ4n) is 5.45. The SMILES string of the molecule is C[C@@H](O)[C@H]1[NH2+][C@]2(C(=O)Nc3ccccc32)[C@@H]2C(=O)N(CCc3ccccc3)C(=O)[C@H]12. The Morgan fingerprint density at radius 3 is 2.50 bits per heavy atom. The molecule has 30 heavy (non-hydrogen) atoms. The standard InChI is InChI=1S/C23H23N3O4/c1-13(27)19-17-18(23(25-19)15-9-5-6-10-16(15)24-22(23)30)21(29)26(20(17)28)12-11-14-7-3-2-4-8-14/h2-10,13,17-19,25,27H,11-12H2,1H3,(H,24,30)/p+1/t13-,17+,18+,19-,23+/m1/s1. The number of nitrogens with zero attached hydrogens (tertiary/aromatic N) is 1. The number of quaternary nitrogens is 1. The Morgan fingerprint density at radius 2 is 1.77 bits per heavy atom. The minimum Gasteiger partial charge on any atom is -0.387 e. The molecule has 0 aromatic heterocycles. The van der Waals surface area contributed by atoms with Crippen molar-refractivity contribution in [3.8, 4) is 0 Å². The number of rotatable bonds is 4. The Kier molecular flexibility index (Phi) is 4.27. The molecule has 5 rings (SSSR count). The summed E-state index contributed by atoms with van der Waals surface area (Å²) in [7, 11) is 0. The van der Waals surface area contributed by atoms with Crippen molar-refractivity contribution in [1.82, 2.24) is 4.90 Å². The van der Waals surface area contributed by atoms with Gasteiger partial charge in [0, 0.05) is 12.1 Å². The number of carbonyl (C=O) groups excluding carboxylic acids is 3. The molecule has 4 N–H and O–H groups in total. The van der Waals surface area contributed by atoms with Crippen LogP contribution in [-0.4, -0.2) is 46.4 Å². The summed E-state index contributed by atoms with van der Waals surface area (Å²) in [5.41, 5.74) is 1.18. The molecule has 3 amide bonds. The first kappa shape index (κ1) is 19.0. The maximum Gasteiger partial charge on any atom is 0.291 e. The highest BCUT2D eigenvalue weighted by atomic mass is 16.3. The fraction of sp³-hybridized carbons (Fsp3) is 0.348. The summed E-state index contributed by atoms with van der Waals surface area (Å²) in [5, 5.41) is 15.1. The lowest BCUT2D eigenvalue weighted by atomic mass is 9.76. The summed E-state index contributed by atoms with van der Waals surface area (Å²) in [4.78, 5) is 41.4. The van der Waals surface area contributed by atoms with Crippen LogP contribution in [0.1, 0.15) is 18.1 Å². The van der Waals surface area contributed by atoms with Crippen LogP contribution in [0.4, 0.5) is 5.69 Å². The summed E-state index contributed by atoms with van der Waals surface area (Å²) in [6.45, 7) is 1.88. The van der Waals surface area contributed by atoms with Crippen LogP contribution >= 0.6 is 0 Å². The number of aliphatic hydroxyl groups excluding tert-OH is 1. The molecule has 7 heteroatoms. The molecule has 154 valence electrons. The number of imide groups is 1. The lowest BCUT2D eigenvalue weighted by molar-refractivity contribution is -0.738. The van der Waals surface area contributed by atoms with Gasteiger partial charge >= 0.3 is 0 Å². The average Bonchev–Trinajstić information content (AvgIpc) is 3.33. The van der Waals surface area contributed by atoms with Crippen molar-refractivity contribution in [2.75, 3.05) is 11.9 Å². The lowest BCUT2D eigenvalue weighted by Gasteiger charge is -2.27. The molecule has 2 saturated heterocycles. The van der Waals surface area contributed by atoms with Crippen LogP contribution in [-0.2, 0) is 26.3 Å². The van der Waals surface area contributed by atoms with E-state index in [0.29, 0.717) is 17.7 Å². The van der Waals surface area contributed by atoms with Crippen molar-refractivity contribution >= 4 is 23.4 Å². The van der Waals surface area contributed by atoms with Crippen LogP contribution in [0.25, 0.3) is 0 Å². The van der Waals surface area contributed by atoms with Crippen molar-refractivity contribution in [1.29, 1.82) is 0 Å². The van der Waals surface area contributed by atoms with Crippen LogP contribution in [0.15, 0.2) is 54.6 Å². The Bertz CT molecular complexity index is 1040. The minimum absolute atomic E-state index is 0.264. The molecule has 2 aromatic carbocycles. The second kappa shape index (κ2) is 6.75. The van der Waals surface area contributed by atoms with Gasteiger partial charge < -0.3 is 15.7 Å². The van der Waals surface area contributed by atoms with Crippen LogP contribution in [0.3, 0.4) is 0 Å². The molecular weight excluding hydrogens is 382 g/mol. The molecule has 1 spiro atoms. The van der Waals surface area contributed by atoms with Crippen molar-refractivity contribution in [2.24, 2.45) is 11.8 Å². The molecule has 0 aliphatic carbocycles. The van der Waals surface area contributed by atoms with Gasteiger partial charge in [0.2, 0.25) is 17.4 Å². The number of carbonyl (C=O) groups is 3. The average molecular weight is 406 g/mol. The van der Waals surface area contributed by atoms with E-state index in [1.807, 2.05) is 48.5 Å². The molecule has 3 heterocycles. The quantitative estimate of drug-likeness (QED) is 0.622. The third-order valence-electron chi connectivity index (χ3n) is 6.82. The van der Waals surface area contributed by atoms with E-state index in [9.17, 15) is 19.5 Å².